The number of rotatable bonds is 3. The SMILES string of the molecule is COc1cccc(NC(=N)Nc2cccc3ccccc23)c1. The fraction of sp³-hybridized carbons (Fsp3) is 0.0556. The van der Waals surface area contributed by atoms with Gasteiger partial charge in [-0.2, -0.15) is 0 Å². The molecule has 4 nitrogen and oxygen atoms in total. The molecule has 0 amide bonds. The maximum atomic E-state index is 8.10. The van der Waals surface area contributed by atoms with Gasteiger partial charge in [-0.1, -0.05) is 42.5 Å². The average molecular weight is 291 g/mol. The Balaban J connectivity index is 1.78. The second-order valence-corrected chi connectivity index (χ2v) is 4.88. The van der Waals surface area contributed by atoms with Crippen LogP contribution in [0.1, 0.15) is 0 Å². The standard InChI is InChI=1S/C18H17N3O/c1-22-15-9-5-8-14(12-15)20-18(19)21-17-11-4-7-13-6-2-3-10-16(13)17/h2-12H,1H3,(H3,19,20,21). The van der Waals surface area contributed by atoms with E-state index in [2.05, 4.69) is 22.8 Å². The van der Waals surface area contributed by atoms with Gasteiger partial charge in [0.25, 0.3) is 0 Å². The third-order valence-electron chi connectivity index (χ3n) is 3.39. The number of methoxy groups -OCH3 is 1. The number of anilines is 2. The van der Waals surface area contributed by atoms with Crippen molar-refractivity contribution in [2.24, 2.45) is 0 Å². The van der Waals surface area contributed by atoms with Gasteiger partial charge in [-0.05, 0) is 23.6 Å². The molecule has 0 bridgehead atoms. The molecule has 0 saturated heterocycles. The minimum atomic E-state index is 0.213. The highest BCUT2D eigenvalue weighted by Gasteiger charge is 2.03. The zero-order chi connectivity index (χ0) is 15.4. The van der Waals surface area contributed by atoms with Crippen molar-refractivity contribution in [2.75, 3.05) is 17.7 Å². The summed E-state index contributed by atoms with van der Waals surface area (Å²) in [7, 11) is 1.62. The average Bonchev–Trinajstić information content (AvgIpc) is 2.55. The number of fused-ring (bicyclic) bond motifs is 1. The Hall–Kier alpha value is -3.01. The molecule has 3 rings (SSSR count). The Kier molecular flexibility index (Phi) is 3.92. The maximum Gasteiger partial charge on any atom is 0.197 e. The van der Waals surface area contributed by atoms with Gasteiger partial charge in [0, 0.05) is 22.8 Å². The quantitative estimate of drug-likeness (QED) is 0.498. The van der Waals surface area contributed by atoms with Crippen molar-refractivity contribution in [1.82, 2.24) is 0 Å². The van der Waals surface area contributed by atoms with Crippen molar-refractivity contribution in [3.63, 3.8) is 0 Å². The Morgan fingerprint density at radius 3 is 2.55 bits per heavy atom. The highest BCUT2D eigenvalue weighted by atomic mass is 16.5. The summed E-state index contributed by atoms with van der Waals surface area (Å²) in [5.74, 6) is 0.965. The second kappa shape index (κ2) is 6.18. The molecule has 0 aliphatic heterocycles. The summed E-state index contributed by atoms with van der Waals surface area (Å²) in [4.78, 5) is 0. The van der Waals surface area contributed by atoms with Gasteiger partial charge in [-0.3, -0.25) is 5.41 Å². The topological polar surface area (TPSA) is 57.1 Å². The first kappa shape index (κ1) is 13.9. The van der Waals surface area contributed by atoms with E-state index in [1.54, 1.807) is 7.11 Å². The van der Waals surface area contributed by atoms with Crippen LogP contribution in [0, 0.1) is 5.41 Å². The molecule has 0 aliphatic rings. The summed E-state index contributed by atoms with van der Waals surface area (Å²) in [6, 6.07) is 21.6. The van der Waals surface area contributed by atoms with Crippen molar-refractivity contribution in [3.05, 3.63) is 66.7 Å². The molecule has 0 heterocycles. The molecule has 0 unspecified atom stereocenters. The minimum absolute atomic E-state index is 0.213. The lowest BCUT2D eigenvalue weighted by atomic mass is 10.1. The van der Waals surface area contributed by atoms with Crippen LogP contribution in [0.4, 0.5) is 11.4 Å². The molecule has 0 atom stereocenters. The first-order valence-electron chi connectivity index (χ1n) is 7.01. The van der Waals surface area contributed by atoms with Gasteiger partial charge >= 0.3 is 0 Å². The Labute approximate surface area is 129 Å². The zero-order valence-electron chi connectivity index (χ0n) is 12.3. The van der Waals surface area contributed by atoms with Gasteiger partial charge in [-0.25, -0.2) is 0 Å². The predicted molar refractivity (Wildman–Crippen MR) is 91.9 cm³/mol. The van der Waals surface area contributed by atoms with E-state index in [-0.39, 0.29) is 5.96 Å². The second-order valence-electron chi connectivity index (χ2n) is 4.88. The van der Waals surface area contributed by atoms with E-state index in [4.69, 9.17) is 10.1 Å². The molecule has 3 N–H and O–H groups in total. The van der Waals surface area contributed by atoms with Crippen molar-refractivity contribution in [2.45, 2.75) is 0 Å². The van der Waals surface area contributed by atoms with Crippen LogP contribution in [0.15, 0.2) is 66.7 Å². The van der Waals surface area contributed by atoms with E-state index < -0.39 is 0 Å². The molecule has 4 heteroatoms. The summed E-state index contributed by atoms with van der Waals surface area (Å²) in [6.07, 6.45) is 0. The van der Waals surface area contributed by atoms with Crippen LogP contribution in [0.25, 0.3) is 10.8 Å². The molecular weight excluding hydrogens is 274 g/mol. The van der Waals surface area contributed by atoms with Gasteiger partial charge < -0.3 is 15.4 Å². The van der Waals surface area contributed by atoms with Crippen LogP contribution in [0.3, 0.4) is 0 Å². The van der Waals surface area contributed by atoms with E-state index in [1.165, 1.54) is 0 Å². The highest BCUT2D eigenvalue weighted by Crippen LogP contribution is 2.23. The van der Waals surface area contributed by atoms with Crippen LogP contribution in [-0.4, -0.2) is 13.1 Å². The Morgan fingerprint density at radius 1 is 0.909 bits per heavy atom. The Morgan fingerprint density at radius 2 is 1.68 bits per heavy atom. The van der Waals surface area contributed by atoms with Crippen LogP contribution >= 0.6 is 0 Å². The van der Waals surface area contributed by atoms with Crippen molar-refractivity contribution in [3.8, 4) is 5.75 Å². The number of hydrogen-bond acceptors (Lipinski definition) is 2. The molecule has 0 fully saturated rings. The number of nitrogens with one attached hydrogen (secondary N) is 3. The van der Waals surface area contributed by atoms with E-state index in [0.717, 1.165) is 27.9 Å². The monoisotopic (exact) mass is 291 g/mol. The number of ether oxygens (including phenoxy) is 1. The van der Waals surface area contributed by atoms with Crippen molar-refractivity contribution >= 4 is 28.1 Å². The summed E-state index contributed by atoms with van der Waals surface area (Å²) in [5.41, 5.74) is 1.70. The number of guanidine groups is 1. The molecule has 110 valence electrons. The maximum absolute atomic E-state index is 8.10. The van der Waals surface area contributed by atoms with E-state index in [9.17, 15) is 0 Å². The van der Waals surface area contributed by atoms with Crippen LogP contribution in [-0.2, 0) is 0 Å². The molecule has 22 heavy (non-hydrogen) atoms. The first-order chi connectivity index (χ1) is 10.8. The third-order valence-corrected chi connectivity index (χ3v) is 3.39. The number of benzene rings is 3. The molecule has 0 aliphatic carbocycles. The largest absolute Gasteiger partial charge is 0.497 e. The molecule has 0 saturated carbocycles. The lowest BCUT2D eigenvalue weighted by molar-refractivity contribution is 0.415. The lowest BCUT2D eigenvalue weighted by Crippen LogP contribution is -2.20. The van der Waals surface area contributed by atoms with E-state index in [1.807, 2.05) is 54.6 Å². The van der Waals surface area contributed by atoms with Gasteiger partial charge in [0.1, 0.15) is 5.75 Å². The summed E-state index contributed by atoms with van der Waals surface area (Å²) in [5, 5.41) is 16.5. The summed E-state index contributed by atoms with van der Waals surface area (Å²) >= 11 is 0. The van der Waals surface area contributed by atoms with Crippen LogP contribution in [0.2, 0.25) is 0 Å². The van der Waals surface area contributed by atoms with Gasteiger partial charge in [0.2, 0.25) is 0 Å². The lowest BCUT2D eigenvalue weighted by Gasteiger charge is -2.13. The molecular formula is C18H17N3O. The third kappa shape index (κ3) is 3.01. The fourth-order valence-corrected chi connectivity index (χ4v) is 2.35. The van der Waals surface area contributed by atoms with E-state index >= 15 is 0 Å². The molecule has 0 spiro atoms. The van der Waals surface area contributed by atoms with Crippen molar-refractivity contribution < 1.29 is 4.74 Å². The highest BCUT2D eigenvalue weighted by molar-refractivity contribution is 6.07. The van der Waals surface area contributed by atoms with Crippen LogP contribution < -0.4 is 15.4 Å². The summed E-state index contributed by atoms with van der Waals surface area (Å²) in [6.45, 7) is 0. The predicted octanol–water partition coefficient (Wildman–Crippen LogP) is 4.31. The number of hydrogen-bond donors (Lipinski definition) is 3. The normalized spacial score (nSPS) is 10.2. The molecule has 0 radical (unpaired) electrons. The first-order valence-corrected chi connectivity index (χ1v) is 7.01. The van der Waals surface area contributed by atoms with Gasteiger partial charge in [-0.15, -0.1) is 0 Å². The molecule has 3 aromatic carbocycles. The summed E-state index contributed by atoms with van der Waals surface area (Å²) < 4.78 is 5.18. The zero-order valence-corrected chi connectivity index (χ0v) is 12.3. The Bertz CT molecular complexity index is 809. The van der Waals surface area contributed by atoms with Gasteiger partial charge in [0.15, 0.2) is 5.96 Å². The van der Waals surface area contributed by atoms with Crippen molar-refractivity contribution in [1.29, 1.82) is 5.41 Å². The van der Waals surface area contributed by atoms with E-state index in [0.29, 0.717) is 0 Å². The van der Waals surface area contributed by atoms with Crippen LogP contribution in [0.5, 0.6) is 5.75 Å². The fourth-order valence-electron chi connectivity index (χ4n) is 2.35. The molecule has 0 aromatic heterocycles. The van der Waals surface area contributed by atoms with Gasteiger partial charge in [0.05, 0.1) is 7.11 Å². The smallest absolute Gasteiger partial charge is 0.197 e. The molecule has 3 aromatic rings. The minimum Gasteiger partial charge on any atom is -0.497 e.